The third kappa shape index (κ3) is 4.11. The number of benzene rings is 1. The average Bonchev–Trinajstić information content (AvgIpc) is 2.85. The predicted molar refractivity (Wildman–Crippen MR) is 83.0 cm³/mol. The van der Waals surface area contributed by atoms with E-state index >= 15 is 0 Å². The number of urea groups is 1. The summed E-state index contributed by atoms with van der Waals surface area (Å²) in [6.45, 7) is 3.63. The molecule has 0 aromatic heterocycles. The first kappa shape index (κ1) is 15.1. The zero-order valence-electron chi connectivity index (χ0n) is 11.5. The number of anilines is 1. The molecule has 1 aromatic carbocycles. The maximum atomic E-state index is 11.7. The average molecular weight is 342 g/mol. The number of aliphatic hydroxyl groups is 1. The van der Waals surface area contributed by atoms with E-state index in [-0.39, 0.29) is 18.6 Å². The maximum Gasteiger partial charge on any atom is 0.315 e. The molecule has 110 valence electrons. The molecule has 1 unspecified atom stereocenters. The summed E-state index contributed by atoms with van der Waals surface area (Å²) in [6.07, 6.45) is 0.393. The highest BCUT2D eigenvalue weighted by Crippen LogP contribution is 2.28. The van der Waals surface area contributed by atoms with Crippen molar-refractivity contribution in [3.8, 4) is 0 Å². The third-order valence-corrected chi connectivity index (χ3v) is 3.95. The van der Waals surface area contributed by atoms with E-state index in [4.69, 9.17) is 5.11 Å². The Morgan fingerprint density at radius 3 is 3.00 bits per heavy atom. The highest BCUT2D eigenvalue weighted by atomic mass is 79.9. The summed E-state index contributed by atoms with van der Waals surface area (Å²) in [5.41, 5.74) is 1.15. The second-order valence-electron chi connectivity index (χ2n) is 5.09. The van der Waals surface area contributed by atoms with Crippen LogP contribution >= 0.6 is 15.9 Å². The SMILES string of the molecule is C[C@@H](O)CNC(=O)NC1CCN(c2ccccc2Br)C1. The van der Waals surface area contributed by atoms with E-state index in [2.05, 4.69) is 37.5 Å². The number of carbonyl (C=O) groups excluding carboxylic acids is 1. The summed E-state index contributed by atoms with van der Waals surface area (Å²) >= 11 is 3.55. The van der Waals surface area contributed by atoms with E-state index in [1.165, 1.54) is 0 Å². The molecule has 1 aromatic rings. The summed E-state index contributed by atoms with van der Waals surface area (Å²) in [5, 5.41) is 14.7. The number of amides is 2. The zero-order valence-corrected chi connectivity index (χ0v) is 13.1. The second-order valence-corrected chi connectivity index (χ2v) is 5.94. The fourth-order valence-corrected chi connectivity index (χ4v) is 2.82. The van der Waals surface area contributed by atoms with Crippen molar-refractivity contribution in [3.63, 3.8) is 0 Å². The number of hydrogen-bond acceptors (Lipinski definition) is 3. The number of carbonyl (C=O) groups is 1. The minimum absolute atomic E-state index is 0.135. The van der Waals surface area contributed by atoms with Gasteiger partial charge < -0.3 is 20.6 Å². The van der Waals surface area contributed by atoms with Gasteiger partial charge in [-0.3, -0.25) is 0 Å². The van der Waals surface area contributed by atoms with Crippen LogP contribution in [0.2, 0.25) is 0 Å². The molecular formula is C14H20BrN3O2. The Morgan fingerprint density at radius 2 is 2.30 bits per heavy atom. The summed E-state index contributed by atoms with van der Waals surface area (Å²) in [6, 6.07) is 8.01. The molecule has 2 atom stereocenters. The van der Waals surface area contributed by atoms with Gasteiger partial charge >= 0.3 is 6.03 Å². The van der Waals surface area contributed by atoms with Gasteiger partial charge in [-0.2, -0.15) is 0 Å². The van der Waals surface area contributed by atoms with E-state index < -0.39 is 6.10 Å². The predicted octanol–water partition coefficient (Wildman–Crippen LogP) is 1.71. The molecule has 6 heteroatoms. The summed E-state index contributed by atoms with van der Waals surface area (Å²) in [7, 11) is 0. The summed E-state index contributed by atoms with van der Waals surface area (Å²) in [5.74, 6) is 0. The van der Waals surface area contributed by atoms with Gasteiger partial charge in [-0.1, -0.05) is 12.1 Å². The quantitative estimate of drug-likeness (QED) is 0.781. The second kappa shape index (κ2) is 6.95. The number of nitrogens with one attached hydrogen (secondary N) is 2. The molecule has 20 heavy (non-hydrogen) atoms. The van der Waals surface area contributed by atoms with Crippen LogP contribution in [0.4, 0.5) is 10.5 Å². The number of halogens is 1. The van der Waals surface area contributed by atoms with Crippen LogP contribution in [0.3, 0.4) is 0 Å². The van der Waals surface area contributed by atoms with Crippen LogP contribution in [0.5, 0.6) is 0 Å². The number of rotatable bonds is 4. The van der Waals surface area contributed by atoms with Gasteiger partial charge in [0.2, 0.25) is 0 Å². The van der Waals surface area contributed by atoms with E-state index in [0.717, 1.165) is 29.7 Å². The van der Waals surface area contributed by atoms with Gasteiger partial charge in [0.15, 0.2) is 0 Å². The molecule has 1 saturated heterocycles. The third-order valence-electron chi connectivity index (χ3n) is 3.27. The standard InChI is InChI=1S/C14H20BrN3O2/c1-10(19)8-16-14(20)17-11-6-7-18(9-11)13-5-3-2-4-12(13)15/h2-5,10-11,19H,6-9H2,1H3,(H2,16,17,20)/t10-,11?/m1/s1. The van der Waals surface area contributed by atoms with Crippen LogP contribution in [-0.4, -0.2) is 42.9 Å². The van der Waals surface area contributed by atoms with E-state index in [1.54, 1.807) is 6.92 Å². The van der Waals surface area contributed by atoms with Crippen LogP contribution in [0, 0.1) is 0 Å². The summed E-state index contributed by atoms with van der Waals surface area (Å²) in [4.78, 5) is 13.9. The first-order chi connectivity index (χ1) is 9.56. The number of para-hydroxylation sites is 1. The highest BCUT2D eigenvalue weighted by molar-refractivity contribution is 9.10. The Balaban J connectivity index is 1.84. The maximum absolute atomic E-state index is 11.7. The van der Waals surface area contributed by atoms with Gasteiger partial charge in [-0.25, -0.2) is 4.79 Å². The van der Waals surface area contributed by atoms with Crippen LogP contribution in [0.25, 0.3) is 0 Å². The molecular weight excluding hydrogens is 322 g/mol. The molecule has 0 radical (unpaired) electrons. The van der Waals surface area contributed by atoms with Gasteiger partial charge in [-0.05, 0) is 41.4 Å². The molecule has 1 aliphatic rings. The zero-order chi connectivity index (χ0) is 14.5. The van der Waals surface area contributed by atoms with Crippen molar-refractivity contribution in [2.45, 2.75) is 25.5 Å². The normalized spacial score (nSPS) is 19.8. The number of aliphatic hydroxyl groups excluding tert-OH is 1. The van der Waals surface area contributed by atoms with Gasteiger partial charge in [0.05, 0.1) is 11.8 Å². The van der Waals surface area contributed by atoms with Gasteiger partial charge in [-0.15, -0.1) is 0 Å². The van der Waals surface area contributed by atoms with Crippen LogP contribution in [0.15, 0.2) is 28.7 Å². The molecule has 2 amide bonds. The molecule has 0 aliphatic carbocycles. The lowest BCUT2D eigenvalue weighted by molar-refractivity contribution is 0.187. The van der Waals surface area contributed by atoms with Crippen LogP contribution in [0.1, 0.15) is 13.3 Å². The van der Waals surface area contributed by atoms with Crippen molar-refractivity contribution in [2.24, 2.45) is 0 Å². The van der Waals surface area contributed by atoms with Crippen molar-refractivity contribution in [1.82, 2.24) is 10.6 Å². The molecule has 0 saturated carbocycles. The number of nitrogens with zero attached hydrogens (tertiary/aromatic N) is 1. The van der Waals surface area contributed by atoms with Crippen molar-refractivity contribution in [3.05, 3.63) is 28.7 Å². The minimum Gasteiger partial charge on any atom is -0.392 e. The lowest BCUT2D eigenvalue weighted by atomic mass is 10.3. The van der Waals surface area contributed by atoms with Crippen molar-refractivity contribution >= 4 is 27.6 Å². The highest BCUT2D eigenvalue weighted by Gasteiger charge is 2.24. The van der Waals surface area contributed by atoms with Crippen molar-refractivity contribution in [1.29, 1.82) is 0 Å². The van der Waals surface area contributed by atoms with Gasteiger partial charge in [0.1, 0.15) is 0 Å². The molecule has 3 N–H and O–H groups in total. The smallest absolute Gasteiger partial charge is 0.315 e. The molecule has 2 rings (SSSR count). The van der Waals surface area contributed by atoms with Crippen molar-refractivity contribution < 1.29 is 9.90 Å². The molecule has 1 aliphatic heterocycles. The fourth-order valence-electron chi connectivity index (χ4n) is 2.28. The van der Waals surface area contributed by atoms with Crippen molar-refractivity contribution in [2.75, 3.05) is 24.5 Å². The van der Waals surface area contributed by atoms with E-state index in [0.29, 0.717) is 0 Å². The van der Waals surface area contributed by atoms with E-state index in [9.17, 15) is 4.79 Å². The topological polar surface area (TPSA) is 64.6 Å². The minimum atomic E-state index is -0.527. The molecule has 0 spiro atoms. The van der Waals surface area contributed by atoms with E-state index in [1.807, 2.05) is 18.2 Å². The van der Waals surface area contributed by atoms with Gasteiger partial charge in [0, 0.05) is 30.1 Å². The lowest BCUT2D eigenvalue weighted by Gasteiger charge is -2.20. The van der Waals surface area contributed by atoms with Crippen LogP contribution < -0.4 is 15.5 Å². The van der Waals surface area contributed by atoms with Gasteiger partial charge in [0.25, 0.3) is 0 Å². The Labute approximate surface area is 127 Å². The lowest BCUT2D eigenvalue weighted by Crippen LogP contribution is -2.45. The first-order valence-corrected chi connectivity index (χ1v) is 7.57. The first-order valence-electron chi connectivity index (χ1n) is 6.78. The Morgan fingerprint density at radius 1 is 1.55 bits per heavy atom. The molecule has 0 bridgehead atoms. The molecule has 5 nitrogen and oxygen atoms in total. The fraction of sp³-hybridized carbons (Fsp3) is 0.500. The Kier molecular flexibility index (Phi) is 5.25. The summed E-state index contributed by atoms with van der Waals surface area (Å²) < 4.78 is 1.07. The van der Waals surface area contributed by atoms with Crippen LogP contribution in [-0.2, 0) is 0 Å². The monoisotopic (exact) mass is 341 g/mol. The largest absolute Gasteiger partial charge is 0.392 e. The molecule has 1 fully saturated rings. The Hall–Kier alpha value is -1.27. The Bertz CT molecular complexity index is 467. The number of hydrogen-bond donors (Lipinski definition) is 3. The molecule has 1 heterocycles.